The summed E-state index contributed by atoms with van der Waals surface area (Å²) < 4.78 is 1.50. The highest BCUT2D eigenvalue weighted by Crippen LogP contribution is 2.26. The fourth-order valence-electron chi connectivity index (χ4n) is 5.54. The molecule has 11 nitrogen and oxygen atoms in total. The molecule has 1 saturated heterocycles. The van der Waals surface area contributed by atoms with Crippen molar-refractivity contribution in [1.82, 2.24) is 24.7 Å². The summed E-state index contributed by atoms with van der Waals surface area (Å²) in [6.07, 6.45) is 6.74. The molecule has 2 fully saturated rings. The van der Waals surface area contributed by atoms with Crippen LogP contribution in [0, 0.1) is 0 Å². The lowest BCUT2D eigenvalue weighted by molar-refractivity contribution is -0.137. The Hall–Kier alpha value is -2.99. The molecule has 1 saturated carbocycles. The van der Waals surface area contributed by atoms with Gasteiger partial charge in [-0.3, -0.25) is 14.7 Å². The summed E-state index contributed by atoms with van der Waals surface area (Å²) in [7, 11) is 0. The molecule has 3 aliphatic rings. The maximum atomic E-state index is 12.8. The molecule has 2 aromatic rings. The number of nitrogens with zero attached hydrogens (tertiary/aromatic N) is 4. The van der Waals surface area contributed by atoms with Crippen molar-refractivity contribution in [2.45, 2.75) is 69.6 Å². The minimum Gasteiger partial charge on any atom is -0.338 e. The van der Waals surface area contributed by atoms with Crippen molar-refractivity contribution in [2.75, 3.05) is 31.5 Å². The van der Waals surface area contributed by atoms with Crippen LogP contribution in [-0.2, 0) is 17.6 Å². The van der Waals surface area contributed by atoms with Crippen molar-refractivity contribution in [3.05, 3.63) is 52.1 Å². The fourth-order valence-corrected chi connectivity index (χ4v) is 5.54. The number of urea groups is 1. The minimum atomic E-state index is -0.944. The number of piperazine rings is 1. The maximum Gasteiger partial charge on any atom is 0.354 e. The van der Waals surface area contributed by atoms with Gasteiger partial charge in [0.1, 0.15) is 5.82 Å². The highest BCUT2D eigenvalue weighted by molar-refractivity contribution is 5.89. The van der Waals surface area contributed by atoms with Gasteiger partial charge in [-0.05, 0) is 75.3 Å². The summed E-state index contributed by atoms with van der Waals surface area (Å²) in [4.78, 5) is 45.3. The van der Waals surface area contributed by atoms with Crippen molar-refractivity contribution in [2.24, 2.45) is 11.5 Å². The number of rotatable bonds is 5. The molecule has 6 N–H and O–H groups in total. The predicted molar refractivity (Wildman–Crippen MR) is 152 cm³/mol. The Bertz CT molecular complexity index is 1260. The minimum absolute atomic E-state index is 0. The molecular weight excluding hydrogens is 520 g/mol. The van der Waals surface area contributed by atoms with E-state index in [-0.39, 0.29) is 30.2 Å². The number of halogens is 1. The number of aromatic nitrogens is 2. The monoisotopic (exact) mass is 558 g/mol. The summed E-state index contributed by atoms with van der Waals surface area (Å²) in [6, 6.07) is 8.73. The van der Waals surface area contributed by atoms with Gasteiger partial charge in [0.2, 0.25) is 5.91 Å². The second kappa shape index (κ2) is 11.6. The fraction of sp³-hybridized carbons (Fsp3) is 0.556. The number of hydrogen-bond donors (Lipinski definition) is 4. The number of anilines is 1. The standard InChI is InChI=1S/C27H38N8O3.ClH/c1-27(2,29)24(36)33-9-11-34(12-10-33)25(37)31-23-7-8-35(26(38)32-23)22-6-4-17-13-20(5-3-18(17)14-22)30-21-15-19(28)16-21;/h4,6-8,14,19-21,30H,3,5,9-13,15-16,28-29H2,1-2H3,(H,31,32,37,38);1H. The molecule has 2 heterocycles. The van der Waals surface area contributed by atoms with Crippen LogP contribution in [0.15, 0.2) is 35.3 Å². The Kier molecular flexibility index (Phi) is 8.65. The zero-order valence-electron chi connectivity index (χ0n) is 22.6. The molecular formula is C27H39ClN8O3. The van der Waals surface area contributed by atoms with E-state index in [0.29, 0.717) is 44.3 Å². The van der Waals surface area contributed by atoms with Gasteiger partial charge in [0, 0.05) is 50.5 Å². The van der Waals surface area contributed by atoms with Crippen molar-refractivity contribution < 1.29 is 9.59 Å². The Morgan fingerprint density at radius 1 is 1.03 bits per heavy atom. The van der Waals surface area contributed by atoms with Crippen LogP contribution in [0.3, 0.4) is 0 Å². The van der Waals surface area contributed by atoms with E-state index in [0.717, 1.165) is 37.8 Å². The van der Waals surface area contributed by atoms with E-state index in [2.05, 4.69) is 27.8 Å². The van der Waals surface area contributed by atoms with Crippen molar-refractivity contribution in [1.29, 1.82) is 0 Å². The van der Waals surface area contributed by atoms with E-state index in [9.17, 15) is 14.4 Å². The van der Waals surface area contributed by atoms with Gasteiger partial charge in [0.25, 0.3) is 0 Å². The molecule has 39 heavy (non-hydrogen) atoms. The van der Waals surface area contributed by atoms with Crippen LogP contribution in [0.2, 0.25) is 0 Å². The lowest BCUT2D eigenvalue weighted by Crippen LogP contribution is -2.58. The first kappa shape index (κ1) is 29.0. The van der Waals surface area contributed by atoms with E-state index in [4.69, 9.17) is 11.5 Å². The van der Waals surface area contributed by atoms with Crippen LogP contribution in [0.5, 0.6) is 0 Å². The van der Waals surface area contributed by atoms with Crippen LogP contribution in [0.1, 0.15) is 44.2 Å². The molecule has 212 valence electrons. The van der Waals surface area contributed by atoms with Crippen molar-refractivity contribution in [3.8, 4) is 5.69 Å². The Morgan fingerprint density at radius 3 is 2.36 bits per heavy atom. The number of benzene rings is 1. The van der Waals surface area contributed by atoms with Gasteiger partial charge in [0.05, 0.1) is 11.2 Å². The normalized spacial score (nSPS) is 22.8. The smallest absolute Gasteiger partial charge is 0.338 e. The highest BCUT2D eigenvalue weighted by Gasteiger charge is 2.32. The van der Waals surface area contributed by atoms with Gasteiger partial charge >= 0.3 is 11.7 Å². The quantitative estimate of drug-likeness (QED) is 0.427. The number of nitrogens with two attached hydrogens (primary N) is 2. The van der Waals surface area contributed by atoms with E-state index in [1.165, 1.54) is 15.7 Å². The molecule has 0 radical (unpaired) electrons. The van der Waals surface area contributed by atoms with E-state index >= 15 is 0 Å². The maximum absolute atomic E-state index is 12.8. The van der Waals surface area contributed by atoms with Crippen LogP contribution < -0.4 is 27.8 Å². The predicted octanol–water partition coefficient (Wildman–Crippen LogP) is 1.00. The first-order valence-corrected chi connectivity index (χ1v) is 13.4. The average molecular weight is 559 g/mol. The molecule has 1 aliphatic heterocycles. The molecule has 3 amide bonds. The largest absolute Gasteiger partial charge is 0.354 e. The van der Waals surface area contributed by atoms with Gasteiger partial charge in [-0.15, -0.1) is 12.4 Å². The summed E-state index contributed by atoms with van der Waals surface area (Å²) in [6.45, 7) is 4.92. The van der Waals surface area contributed by atoms with E-state index < -0.39 is 11.2 Å². The number of amides is 3. The van der Waals surface area contributed by atoms with E-state index in [1.807, 2.05) is 6.07 Å². The number of nitrogens with one attached hydrogen (secondary N) is 2. The number of hydrogen-bond acceptors (Lipinski definition) is 7. The number of aryl methyl sites for hydroxylation is 1. The zero-order chi connectivity index (χ0) is 27.0. The third kappa shape index (κ3) is 6.60. The Labute approximate surface area is 234 Å². The molecule has 0 bridgehead atoms. The van der Waals surface area contributed by atoms with Crippen molar-refractivity contribution >= 4 is 30.2 Å². The molecule has 2 aliphatic carbocycles. The molecule has 1 unspecified atom stereocenters. The first-order valence-electron chi connectivity index (χ1n) is 13.4. The molecule has 1 aromatic carbocycles. The third-order valence-corrected chi connectivity index (χ3v) is 7.79. The lowest BCUT2D eigenvalue weighted by atomic mass is 9.83. The van der Waals surface area contributed by atoms with Gasteiger partial charge in [-0.2, -0.15) is 4.98 Å². The average Bonchev–Trinajstić information content (AvgIpc) is 2.86. The molecule has 1 atom stereocenters. The molecule has 12 heteroatoms. The molecule has 1 aromatic heterocycles. The number of carbonyl (C=O) groups excluding carboxylic acids is 2. The number of fused-ring (bicyclic) bond motifs is 1. The van der Waals surface area contributed by atoms with E-state index in [1.54, 1.807) is 35.9 Å². The Balaban J connectivity index is 0.00000353. The Morgan fingerprint density at radius 2 is 1.72 bits per heavy atom. The summed E-state index contributed by atoms with van der Waals surface area (Å²) in [5.41, 5.74) is 13.8. The summed E-state index contributed by atoms with van der Waals surface area (Å²) >= 11 is 0. The van der Waals surface area contributed by atoms with Gasteiger partial charge < -0.3 is 26.6 Å². The number of carbonyl (C=O) groups is 2. The van der Waals surface area contributed by atoms with Crippen molar-refractivity contribution in [3.63, 3.8) is 0 Å². The second-order valence-corrected chi connectivity index (χ2v) is 11.4. The zero-order valence-corrected chi connectivity index (χ0v) is 23.4. The lowest BCUT2D eigenvalue weighted by Gasteiger charge is -2.38. The van der Waals surface area contributed by atoms with Crippen LogP contribution in [-0.4, -0.2) is 81.1 Å². The van der Waals surface area contributed by atoms with Crippen LogP contribution in [0.25, 0.3) is 5.69 Å². The first-order chi connectivity index (χ1) is 18.1. The van der Waals surface area contributed by atoms with Gasteiger partial charge in [-0.25, -0.2) is 9.59 Å². The molecule has 0 spiro atoms. The third-order valence-electron chi connectivity index (χ3n) is 7.79. The highest BCUT2D eigenvalue weighted by atomic mass is 35.5. The second-order valence-electron chi connectivity index (χ2n) is 11.4. The van der Waals surface area contributed by atoms with Crippen LogP contribution >= 0.6 is 12.4 Å². The summed E-state index contributed by atoms with van der Waals surface area (Å²) in [5.74, 6) is 0.0563. The van der Waals surface area contributed by atoms with Gasteiger partial charge in [0.15, 0.2) is 0 Å². The SMILES string of the molecule is CC(C)(N)C(=O)N1CCN(C(=O)Nc2ccn(-c3ccc4c(c3)CCC(NC3CC(N)C3)C4)c(=O)n2)CC1.Cl. The summed E-state index contributed by atoms with van der Waals surface area (Å²) in [5, 5.41) is 6.44. The van der Waals surface area contributed by atoms with Crippen LogP contribution in [0.4, 0.5) is 10.6 Å². The van der Waals surface area contributed by atoms with Gasteiger partial charge in [-0.1, -0.05) is 6.07 Å². The molecule has 5 rings (SSSR count). The topological polar surface area (TPSA) is 152 Å².